The molecular weight excluding hydrogens is 248 g/mol. The molecule has 0 saturated heterocycles. The molecule has 0 radical (unpaired) electrons. The maximum Gasteiger partial charge on any atom is 0.161 e. The number of rotatable bonds is 3. The number of thioether (sulfide) groups is 1. The fourth-order valence-electron chi connectivity index (χ4n) is 1.83. The van der Waals surface area contributed by atoms with Gasteiger partial charge in [-0.2, -0.15) is 0 Å². The van der Waals surface area contributed by atoms with Crippen LogP contribution in [0.3, 0.4) is 0 Å². The fourth-order valence-corrected chi connectivity index (χ4v) is 2.92. The lowest BCUT2D eigenvalue weighted by Gasteiger charge is -2.18. The number of benzene rings is 1. The molecular formula is C13H18N2O2S. The Balaban J connectivity index is 2.15. The summed E-state index contributed by atoms with van der Waals surface area (Å²) in [6, 6.07) is 6.17. The van der Waals surface area contributed by atoms with Crippen molar-refractivity contribution in [1.29, 1.82) is 0 Å². The number of amidine groups is 1. The molecule has 0 bridgehead atoms. The topological polar surface area (TPSA) is 64.9 Å². The van der Waals surface area contributed by atoms with Crippen LogP contribution in [0.25, 0.3) is 0 Å². The fraction of sp³-hybridized carbons (Fsp3) is 0.462. The van der Waals surface area contributed by atoms with Crippen LogP contribution in [0, 0.1) is 13.8 Å². The van der Waals surface area contributed by atoms with E-state index in [2.05, 4.69) is 23.3 Å². The first-order valence-electron chi connectivity index (χ1n) is 5.87. The Hall–Kier alpha value is -1.04. The molecule has 1 aromatic rings. The summed E-state index contributed by atoms with van der Waals surface area (Å²) in [5.74, 6) is 0.604. The first-order chi connectivity index (χ1) is 8.58. The van der Waals surface area contributed by atoms with Gasteiger partial charge < -0.3 is 15.5 Å². The molecule has 0 fully saturated rings. The Labute approximate surface area is 111 Å². The van der Waals surface area contributed by atoms with Crippen molar-refractivity contribution in [3.8, 4) is 0 Å². The van der Waals surface area contributed by atoms with Crippen molar-refractivity contribution in [1.82, 2.24) is 0 Å². The average molecular weight is 266 g/mol. The second-order valence-corrected chi connectivity index (χ2v) is 5.65. The Morgan fingerprint density at radius 3 is 2.61 bits per heavy atom. The van der Waals surface area contributed by atoms with Crippen molar-refractivity contribution >= 4 is 22.6 Å². The third kappa shape index (κ3) is 2.68. The SMILES string of the molecule is Cc1ccc(NC2=NC(CO)(CO)CS2)c(C)c1. The number of aryl methyl sites for hydroxylation is 2. The van der Waals surface area contributed by atoms with E-state index in [1.54, 1.807) is 0 Å². The van der Waals surface area contributed by atoms with Gasteiger partial charge in [0.1, 0.15) is 5.54 Å². The Kier molecular flexibility index (Phi) is 3.94. The summed E-state index contributed by atoms with van der Waals surface area (Å²) < 4.78 is 0. The molecule has 0 unspecified atom stereocenters. The third-order valence-electron chi connectivity index (χ3n) is 3.03. The van der Waals surface area contributed by atoms with Gasteiger partial charge in [-0.25, -0.2) is 4.99 Å². The van der Waals surface area contributed by atoms with E-state index in [1.807, 2.05) is 19.1 Å². The molecule has 4 nitrogen and oxygen atoms in total. The summed E-state index contributed by atoms with van der Waals surface area (Å²) in [4.78, 5) is 4.38. The minimum Gasteiger partial charge on any atom is -0.394 e. The van der Waals surface area contributed by atoms with Gasteiger partial charge in [-0.05, 0) is 25.5 Å². The molecule has 1 aliphatic rings. The van der Waals surface area contributed by atoms with Crippen molar-refractivity contribution in [2.45, 2.75) is 19.4 Å². The first kappa shape index (κ1) is 13.4. The zero-order chi connectivity index (χ0) is 13.2. The molecule has 3 N–H and O–H groups in total. The van der Waals surface area contributed by atoms with Crippen molar-refractivity contribution in [3.63, 3.8) is 0 Å². The predicted molar refractivity (Wildman–Crippen MR) is 76.3 cm³/mol. The lowest BCUT2D eigenvalue weighted by atomic mass is 10.1. The summed E-state index contributed by atoms with van der Waals surface area (Å²) in [5.41, 5.74) is 2.66. The minimum atomic E-state index is -0.731. The van der Waals surface area contributed by atoms with Crippen molar-refractivity contribution in [2.75, 3.05) is 24.3 Å². The number of anilines is 1. The van der Waals surface area contributed by atoms with E-state index in [0.717, 1.165) is 16.4 Å². The van der Waals surface area contributed by atoms with Gasteiger partial charge >= 0.3 is 0 Å². The number of hydrogen-bond acceptors (Lipinski definition) is 5. The van der Waals surface area contributed by atoms with Crippen LogP contribution in [0.15, 0.2) is 23.2 Å². The highest BCUT2D eigenvalue weighted by molar-refractivity contribution is 8.14. The molecule has 0 atom stereocenters. The molecule has 0 saturated carbocycles. The molecule has 0 amide bonds. The summed E-state index contributed by atoms with van der Waals surface area (Å²) in [6.45, 7) is 3.84. The van der Waals surface area contributed by atoms with Gasteiger partial charge in [-0.1, -0.05) is 29.5 Å². The van der Waals surface area contributed by atoms with E-state index >= 15 is 0 Å². The van der Waals surface area contributed by atoms with E-state index in [9.17, 15) is 10.2 Å². The second kappa shape index (κ2) is 5.30. The third-order valence-corrected chi connectivity index (χ3v) is 4.18. The number of hydrogen-bond donors (Lipinski definition) is 3. The molecule has 0 aliphatic carbocycles. The summed E-state index contributed by atoms with van der Waals surface area (Å²) in [6.07, 6.45) is 0. The highest BCUT2D eigenvalue weighted by Gasteiger charge is 2.34. The number of nitrogens with one attached hydrogen (secondary N) is 1. The van der Waals surface area contributed by atoms with Crippen LogP contribution in [-0.4, -0.2) is 39.9 Å². The van der Waals surface area contributed by atoms with Crippen molar-refractivity contribution < 1.29 is 10.2 Å². The highest BCUT2D eigenvalue weighted by atomic mass is 32.2. The van der Waals surface area contributed by atoms with Crippen LogP contribution in [0.5, 0.6) is 0 Å². The van der Waals surface area contributed by atoms with E-state index in [-0.39, 0.29) is 13.2 Å². The lowest BCUT2D eigenvalue weighted by Crippen LogP contribution is -2.36. The number of nitrogens with zero attached hydrogens (tertiary/aromatic N) is 1. The first-order valence-corrected chi connectivity index (χ1v) is 6.86. The largest absolute Gasteiger partial charge is 0.394 e. The standard InChI is InChI=1S/C13H18N2O2S/c1-9-3-4-11(10(2)5-9)14-12-15-13(6-16,7-17)8-18-12/h3-5,16-17H,6-8H2,1-2H3,(H,14,15). The number of aliphatic imine (C=N–C) groups is 1. The van der Waals surface area contributed by atoms with Crippen molar-refractivity contribution in [2.24, 2.45) is 4.99 Å². The molecule has 1 aliphatic heterocycles. The molecule has 0 spiro atoms. The Morgan fingerprint density at radius 1 is 1.33 bits per heavy atom. The summed E-state index contributed by atoms with van der Waals surface area (Å²) in [7, 11) is 0. The van der Waals surface area contributed by atoms with Crippen LogP contribution < -0.4 is 5.32 Å². The zero-order valence-electron chi connectivity index (χ0n) is 10.6. The highest BCUT2D eigenvalue weighted by Crippen LogP contribution is 2.29. The molecule has 5 heteroatoms. The molecule has 98 valence electrons. The zero-order valence-corrected chi connectivity index (χ0v) is 11.4. The van der Waals surface area contributed by atoms with Crippen LogP contribution in [-0.2, 0) is 0 Å². The van der Waals surface area contributed by atoms with Gasteiger partial charge in [0.15, 0.2) is 5.17 Å². The predicted octanol–water partition coefficient (Wildman–Crippen LogP) is 1.54. The van der Waals surface area contributed by atoms with Crippen molar-refractivity contribution in [3.05, 3.63) is 29.3 Å². The van der Waals surface area contributed by atoms with Gasteiger partial charge in [0.2, 0.25) is 0 Å². The minimum absolute atomic E-state index is 0.130. The smallest absolute Gasteiger partial charge is 0.161 e. The van der Waals surface area contributed by atoms with Crippen LogP contribution in [0.1, 0.15) is 11.1 Å². The van der Waals surface area contributed by atoms with E-state index in [1.165, 1.54) is 17.3 Å². The molecule has 0 aromatic heterocycles. The van der Waals surface area contributed by atoms with Crippen LogP contribution in [0.2, 0.25) is 0 Å². The van der Waals surface area contributed by atoms with Gasteiger partial charge in [0.25, 0.3) is 0 Å². The van der Waals surface area contributed by atoms with Crippen LogP contribution in [0.4, 0.5) is 5.69 Å². The number of aliphatic hydroxyl groups is 2. The summed E-state index contributed by atoms with van der Waals surface area (Å²) in [5, 5.41) is 22.6. The second-order valence-electron chi connectivity index (χ2n) is 4.69. The molecule has 2 rings (SSSR count). The van der Waals surface area contributed by atoms with E-state index in [4.69, 9.17) is 0 Å². The van der Waals surface area contributed by atoms with Crippen LogP contribution >= 0.6 is 11.8 Å². The molecule has 1 aromatic carbocycles. The monoisotopic (exact) mass is 266 g/mol. The number of aliphatic hydroxyl groups excluding tert-OH is 2. The molecule has 18 heavy (non-hydrogen) atoms. The van der Waals surface area contributed by atoms with E-state index in [0.29, 0.717) is 5.75 Å². The average Bonchev–Trinajstić information content (AvgIpc) is 2.77. The summed E-state index contributed by atoms with van der Waals surface area (Å²) >= 11 is 1.53. The Bertz CT molecular complexity index is 470. The maximum atomic E-state index is 9.28. The molecule has 1 heterocycles. The lowest BCUT2D eigenvalue weighted by molar-refractivity contribution is 0.140. The van der Waals surface area contributed by atoms with Gasteiger partial charge in [0.05, 0.1) is 13.2 Å². The maximum absolute atomic E-state index is 9.28. The van der Waals surface area contributed by atoms with Gasteiger partial charge in [-0.15, -0.1) is 0 Å². The van der Waals surface area contributed by atoms with Gasteiger partial charge in [-0.3, -0.25) is 0 Å². The van der Waals surface area contributed by atoms with Gasteiger partial charge in [0, 0.05) is 11.4 Å². The quantitative estimate of drug-likeness (QED) is 0.776. The Morgan fingerprint density at radius 2 is 2.06 bits per heavy atom. The van der Waals surface area contributed by atoms with E-state index < -0.39 is 5.54 Å². The normalized spacial score (nSPS) is 17.7.